The van der Waals surface area contributed by atoms with Crippen molar-refractivity contribution in [2.24, 2.45) is 4.99 Å². The maximum atomic E-state index is 7.94. The van der Waals surface area contributed by atoms with Crippen LogP contribution in [0.15, 0.2) is 96.0 Å². The van der Waals surface area contributed by atoms with Gasteiger partial charge in [0.25, 0.3) is 0 Å². The van der Waals surface area contributed by atoms with Crippen molar-refractivity contribution in [2.45, 2.75) is 113 Å². The molecule has 41 heavy (non-hydrogen) atoms. The van der Waals surface area contributed by atoms with E-state index in [1.54, 1.807) is 0 Å². The SMILES string of the molecule is CC1OC(c2ccccc2)=NC1C(Cc1ccccc1)(Cc1ccccc1)OP(C1CCCCC1)C1CCCCC1. The van der Waals surface area contributed by atoms with E-state index in [2.05, 4.69) is 97.9 Å². The lowest BCUT2D eigenvalue weighted by molar-refractivity contribution is 0.0193. The predicted octanol–water partition coefficient (Wildman–Crippen LogP) is 9.52. The van der Waals surface area contributed by atoms with E-state index in [4.69, 9.17) is 14.3 Å². The van der Waals surface area contributed by atoms with E-state index >= 15 is 0 Å². The van der Waals surface area contributed by atoms with Gasteiger partial charge < -0.3 is 9.26 Å². The highest BCUT2D eigenvalue weighted by Crippen LogP contribution is 2.60. The van der Waals surface area contributed by atoms with Gasteiger partial charge in [0.05, 0.1) is 0 Å². The summed E-state index contributed by atoms with van der Waals surface area (Å²) in [5.41, 5.74) is 4.60. The minimum atomic E-state index is -0.606. The largest absolute Gasteiger partial charge is 0.472 e. The molecule has 0 amide bonds. The Hall–Kier alpha value is -2.48. The van der Waals surface area contributed by atoms with E-state index in [1.807, 2.05) is 0 Å². The highest BCUT2D eigenvalue weighted by atomic mass is 31.1. The third-order valence-corrected chi connectivity index (χ3v) is 12.5. The zero-order valence-corrected chi connectivity index (χ0v) is 25.6. The van der Waals surface area contributed by atoms with Crippen molar-refractivity contribution >= 4 is 14.0 Å². The molecule has 0 radical (unpaired) electrons. The van der Waals surface area contributed by atoms with Crippen LogP contribution in [-0.4, -0.2) is 35.0 Å². The lowest BCUT2D eigenvalue weighted by Gasteiger charge is -2.47. The molecular weight excluding hydrogens is 521 g/mol. The number of nitrogens with zero attached hydrogens (tertiary/aromatic N) is 1. The molecule has 3 aliphatic rings. The lowest BCUT2D eigenvalue weighted by Crippen LogP contribution is -2.51. The fourth-order valence-corrected chi connectivity index (χ4v) is 10.7. The van der Waals surface area contributed by atoms with Gasteiger partial charge in [0, 0.05) is 37.9 Å². The van der Waals surface area contributed by atoms with Crippen LogP contribution in [0.1, 0.15) is 87.8 Å². The number of hydrogen-bond donors (Lipinski definition) is 0. The summed E-state index contributed by atoms with van der Waals surface area (Å²) >= 11 is 0. The van der Waals surface area contributed by atoms with Gasteiger partial charge in [0.2, 0.25) is 5.90 Å². The lowest BCUT2D eigenvalue weighted by atomic mass is 9.80. The van der Waals surface area contributed by atoms with Gasteiger partial charge in [-0.05, 0) is 55.9 Å². The molecule has 1 aliphatic heterocycles. The average molecular weight is 568 g/mol. The van der Waals surface area contributed by atoms with Crippen molar-refractivity contribution in [3.05, 3.63) is 108 Å². The first kappa shape index (κ1) is 28.6. The van der Waals surface area contributed by atoms with Crippen LogP contribution in [0.5, 0.6) is 0 Å². The zero-order valence-electron chi connectivity index (χ0n) is 24.7. The number of ether oxygens (including phenoxy) is 1. The normalized spacial score (nSPS) is 22.4. The second kappa shape index (κ2) is 13.7. The van der Waals surface area contributed by atoms with Crippen molar-refractivity contribution in [1.82, 2.24) is 0 Å². The van der Waals surface area contributed by atoms with Crippen LogP contribution >= 0.6 is 8.15 Å². The highest BCUT2D eigenvalue weighted by molar-refractivity contribution is 7.54. The zero-order chi connectivity index (χ0) is 27.9. The molecule has 4 heteroatoms. The van der Waals surface area contributed by atoms with Crippen molar-refractivity contribution in [1.29, 1.82) is 0 Å². The van der Waals surface area contributed by atoms with Gasteiger partial charge >= 0.3 is 0 Å². The van der Waals surface area contributed by atoms with Crippen LogP contribution < -0.4 is 0 Å². The third-order valence-electron chi connectivity index (χ3n) is 9.41. The van der Waals surface area contributed by atoms with Crippen LogP contribution in [0.25, 0.3) is 0 Å². The molecule has 3 nitrogen and oxygen atoms in total. The summed E-state index contributed by atoms with van der Waals surface area (Å²) in [6, 6.07) is 32.3. The first-order chi connectivity index (χ1) is 20.2. The summed E-state index contributed by atoms with van der Waals surface area (Å²) in [6.07, 6.45) is 15.1. The van der Waals surface area contributed by atoms with Gasteiger partial charge in [-0.15, -0.1) is 0 Å². The fourth-order valence-electron chi connectivity index (χ4n) is 7.37. The Kier molecular flexibility index (Phi) is 9.54. The quantitative estimate of drug-likeness (QED) is 0.228. The molecular formula is C37H46NO2P. The van der Waals surface area contributed by atoms with Crippen LogP contribution in [-0.2, 0) is 22.1 Å². The molecule has 3 aromatic carbocycles. The second-order valence-electron chi connectivity index (χ2n) is 12.5. The summed E-state index contributed by atoms with van der Waals surface area (Å²) in [5.74, 6) is 0.761. The number of benzene rings is 3. The summed E-state index contributed by atoms with van der Waals surface area (Å²) in [7, 11) is -0.606. The van der Waals surface area contributed by atoms with E-state index in [0.29, 0.717) is 11.3 Å². The molecule has 2 atom stereocenters. The number of hydrogen-bond acceptors (Lipinski definition) is 3. The Morgan fingerprint density at radius 3 is 1.63 bits per heavy atom. The molecule has 0 saturated heterocycles. The van der Waals surface area contributed by atoms with Crippen molar-refractivity contribution in [2.75, 3.05) is 0 Å². The van der Waals surface area contributed by atoms with Crippen molar-refractivity contribution < 1.29 is 9.26 Å². The van der Waals surface area contributed by atoms with E-state index in [-0.39, 0.29) is 12.1 Å². The molecule has 0 spiro atoms. The summed E-state index contributed by atoms with van der Waals surface area (Å²) in [4.78, 5) is 5.43. The van der Waals surface area contributed by atoms with Crippen LogP contribution in [0.2, 0.25) is 0 Å². The van der Waals surface area contributed by atoms with Gasteiger partial charge in [-0.2, -0.15) is 0 Å². The van der Waals surface area contributed by atoms with Crippen LogP contribution in [0, 0.1) is 0 Å². The fraction of sp³-hybridized carbons (Fsp3) is 0.486. The van der Waals surface area contributed by atoms with E-state index < -0.39 is 13.7 Å². The molecule has 2 aliphatic carbocycles. The number of rotatable bonds is 10. The molecule has 216 valence electrons. The van der Waals surface area contributed by atoms with E-state index in [0.717, 1.165) is 24.3 Å². The first-order valence-corrected chi connectivity index (χ1v) is 17.5. The molecule has 2 unspecified atom stereocenters. The van der Waals surface area contributed by atoms with Crippen LogP contribution in [0.3, 0.4) is 0 Å². The monoisotopic (exact) mass is 567 g/mol. The second-order valence-corrected chi connectivity index (χ2v) is 14.9. The summed E-state index contributed by atoms with van der Waals surface area (Å²) < 4.78 is 14.5. The van der Waals surface area contributed by atoms with Crippen molar-refractivity contribution in [3.63, 3.8) is 0 Å². The predicted molar refractivity (Wildman–Crippen MR) is 172 cm³/mol. The minimum Gasteiger partial charge on any atom is -0.472 e. The maximum Gasteiger partial charge on any atom is 0.216 e. The van der Waals surface area contributed by atoms with E-state index in [1.165, 1.54) is 75.3 Å². The number of aliphatic imine (C=N–C) groups is 1. The molecule has 2 fully saturated rings. The van der Waals surface area contributed by atoms with Gasteiger partial charge in [-0.1, -0.05) is 117 Å². The Bertz CT molecular complexity index is 1180. The maximum absolute atomic E-state index is 7.94. The third kappa shape index (κ3) is 6.95. The molecule has 0 aromatic heterocycles. The van der Waals surface area contributed by atoms with E-state index in [9.17, 15) is 0 Å². The van der Waals surface area contributed by atoms with Crippen LogP contribution in [0.4, 0.5) is 0 Å². The van der Waals surface area contributed by atoms with Crippen molar-refractivity contribution in [3.8, 4) is 0 Å². The smallest absolute Gasteiger partial charge is 0.216 e. The Morgan fingerprint density at radius 2 is 1.15 bits per heavy atom. The average Bonchev–Trinajstić information content (AvgIpc) is 3.44. The van der Waals surface area contributed by atoms with Gasteiger partial charge in [0.15, 0.2) is 0 Å². The Labute approximate surface area is 248 Å². The summed E-state index contributed by atoms with van der Waals surface area (Å²) in [6.45, 7) is 2.21. The molecule has 2 saturated carbocycles. The highest BCUT2D eigenvalue weighted by Gasteiger charge is 2.50. The topological polar surface area (TPSA) is 30.8 Å². The molecule has 0 bridgehead atoms. The Morgan fingerprint density at radius 1 is 0.683 bits per heavy atom. The van der Waals surface area contributed by atoms with Gasteiger partial charge in [-0.25, -0.2) is 4.99 Å². The molecule has 3 aromatic rings. The summed E-state index contributed by atoms with van der Waals surface area (Å²) in [5, 5.41) is 0. The van der Waals surface area contributed by atoms with Gasteiger partial charge in [0.1, 0.15) is 17.7 Å². The standard InChI is InChI=1S/C37H46NO2P/c1-29-35(38-36(39-29)32-21-11-4-12-22-32)37(27-30-17-7-2-8-18-30,28-31-19-9-3-10-20-31)40-41(33-23-13-5-14-24-33)34-25-15-6-16-26-34/h2-4,7-12,17-22,29,33-35H,5-6,13-16,23-28H2,1H3. The first-order valence-electron chi connectivity index (χ1n) is 16.1. The molecule has 0 N–H and O–H groups in total. The Balaban J connectivity index is 1.46. The minimum absolute atomic E-state index is 0.0628. The van der Waals surface area contributed by atoms with Gasteiger partial charge in [-0.3, -0.25) is 0 Å². The molecule has 1 heterocycles. The molecule has 6 rings (SSSR count).